The monoisotopic (exact) mass is 276 g/mol. The van der Waals surface area contributed by atoms with Crippen LogP contribution in [-0.4, -0.2) is 48.3 Å². The average molecular weight is 276 g/mol. The lowest BCUT2D eigenvalue weighted by Crippen LogP contribution is -2.45. The van der Waals surface area contributed by atoms with Crippen molar-refractivity contribution in [2.75, 3.05) is 26.3 Å². The number of hydrogen-bond donors (Lipinski definition) is 1. The Kier molecular flexibility index (Phi) is 4.53. The SMILES string of the molecule is N#CC1CN(C(=O)c2csc(C#CCO)c2)CCO1. The second kappa shape index (κ2) is 6.35. The second-order valence-corrected chi connectivity index (χ2v) is 4.81. The van der Waals surface area contributed by atoms with E-state index in [4.69, 9.17) is 15.1 Å². The number of thiophene rings is 1. The molecule has 1 fully saturated rings. The van der Waals surface area contributed by atoms with Gasteiger partial charge >= 0.3 is 0 Å². The summed E-state index contributed by atoms with van der Waals surface area (Å²) in [6.45, 7) is 0.965. The third-order valence-corrected chi connectivity index (χ3v) is 3.48. The fraction of sp³-hybridized carbons (Fsp3) is 0.385. The molecule has 0 aliphatic carbocycles. The summed E-state index contributed by atoms with van der Waals surface area (Å²) in [7, 11) is 0. The van der Waals surface area contributed by atoms with E-state index in [0.717, 1.165) is 4.88 Å². The molecule has 19 heavy (non-hydrogen) atoms. The van der Waals surface area contributed by atoms with Gasteiger partial charge in [0, 0.05) is 11.9 Å². The minimum atomic E-state index is -0.551. The zero-order chi connectivity index (χ0) is 13.7. The molecule has 6 heteroatoms. The van der Waals surface area contributed by atoms with Crippen molar-refractivity contribution in [1.82, 2.24) is 4.90 Å². The summed E-state index contributed by atoms with van der Waals surface area (Å²) in [5.41, 5.74) is 0.561. The number of carbonyl (C=O) groups excluding carboxylic acids is 1. The van der Waals surface area contributed by atoms with Crippen molar-refractivity contribution in [3.8, 4) is 17.9 Å². The Hall–Kier alpha value is -1.86. The quantitative estimate of drug-likeness (QED) is 0.756. The number of amides is 1. The largest absolute Gasteiger partial charge is 0.384 e. The summed E-state index contributed by atoms with van der Waals surface area (Å²) >= 11 is 1.36. The summed E-state index contributed by atoms with van der Waals surface area (Å²) in [5, 5.41) is 19.2. The van der Waals surface area contributed by atoms with E-state index in [1.165, 1.54) is 11.3 Å². The zero-order valence-corrected chi connectivity index (χ0v) is 10.9. The zero-order valence-electron chi connectivity index (χ0n) is 10.1. The van der Waals surface area contributed by atoms with Gasteiger partial charge in [-0.3, -0.25) is 4.79 Å². The molecule has 98 valence electrons. The van der Waals surface area contributed by atoms with Gasteiger partial charge in [0.25, 0.3) is 5.91 Å². The summed E-state index contributed by atoms with van der Waals surface area (Å²) in [6.07, 6.45) is -0.551. The first kappa shape index (κ1) is 13.6. The Balaban J connectivity index is 2.07. The predicted octanol–water partition coefficient (Wildman–Crippen LogP) is 0.456. The first-order chi connectivity index (χ1) is 9.24. The lowest BCUT2D eigenvalue weighted by molar-refractivity contribution is 0.00349. The number of ether oxygens (including phenoxy) is 1. The molecule has 1 aromatic heterocycles. The molecular formula is C13H12N2O3S. The van der Waals surface area contributed by atoms with E-state index in [-0.39, 0.29) is 12.5 Å². The minimum absolute atomic E-state index is 0.114. The molecule has 0 spiro atoms. The van der Waals surface area contributed by atoms with Crippen molar-refractivity contribution in [2.45, 2.75) is 6.10 Å². The standard InChI is InChI=1S/C13H12N2O3S/c14-7-11-8-15(3-5-18-11)13(17)10-6-12(19-9-10)2-1-4-16/h6,9,11,16H,3-5,8H2. The van der Waals surface area contributed by atoms with E-state index in [2.05, 4.69) is 11.8 Å². The highest BCUT2D eigenvalue weighted by molar-refractivity contribution is 7.10. The van der Waals surface area contributed by atoms with Crippen LogP contribution >= 0.6 is 11.3 Å². The van der Waals surface area contributed by atoms with Gasteiger partial charge in [-0.2, -0.15) is 5.26 Å². The summed E-state index contributed by atoms with van der Waals surface area (Å²) < 4.78 is 5.20. The van der Waals surface area contributed by atoms with Gasteiger partial charge in [-0.1, -0.05) is 11.8 Å². The van der Waals surface area contributed by atoms with Gasteiger partial charge in [-0.25, -0.2) is 0 Å². The smallest absolute Gasteiger partial charge is 0.254 e. The molecule has 1 aliphatic rings. The molecule has 1 amide bonds. The number of carbonyl (C=O) groups is 1. The maximum atomic E-state index is 12.2. The Morgan fingerprint density at radius 1 is 1.68 bits per heavy atom. The van der Waals surface area contributed by atoms with Gasteiger partial charge in [-0.15, -0.1) is 11.3 Å². The van der Waals surface area contributed by atoms with E-state index in [9.17, 15) is 4.79 Å². The summed E-state index contributed by atoms with van der Waals surface area (Å²) in [6, 6.07) is 3.71. The molecule has 5 nitrogen and oxygen atoms in total. The molecule has 0 saturated carbocycles. The number of nitriles is 1. The van der Waals surface area contributed by atoms with Gasteiger partial charge in [0.15, 0.2) is 6.10 Å². The number of hydrogen-bond acceptors (Lipinski definition) is 5. The van der Waals surface area contributed by atoms with Crippen LogP contribution < -0.4 is 0 Å². The van der Waals surface area contributed by atoms with Gasteiger partial charge in [0.2, 0.25) is 0 Å². The molecular weight excluding hydrogens is 264 g/mol. The Labute approximate surface area is 115 Å². The lowest BCUT2D eigenvalue weighted by Gasteiger charge is -2.29. The van der Waals surface area contributed by atoms with Crippen molar-refractivity contribution in [1.29, 1.82) is 5.26 Å². The van der Waals surface area contributed by atoms with Crippen molar-refractivity contribution >= 4 is 17.2 Å². The number of aliphatic hydroxyl groups excluding tert-OH is 1. The summed E-state index contributed by atoms with van der Waals surface area (Å²) in [4.78, 5) is 14.6. The maximum absolute atomic E-state index is 12.2. The highest BCUT2D eigenvalue weighted by Gasteiger charge is 2.25. The van der Waals surface area contributed by atoms with Crippen LogP contribution in [0.3, 0.4) is 0 Å². The van der Waals surface area contributed by atoms with Crippen molar-refractivity contribution in [3.63, 3.8) is 0 Å². The fourth-order valence-corrected chi connectivity index (χ4v) is 2.48. The normalized spacial score (nSPS) is 18.3. The van der Waals surface area contributed by atoms with Crippen LogP contribution in [0.1, 0.15) is 15.2 Å². The number of aliphatic hydroxyl groups is 1. The fourth-order valence-electron chi connectivity index (χ4n) is 1.74. The van der Waals surface area contributed by atoms with Gasteiger partial charge in [0.1, 0.15) is 6.61 Å². The molecule has 1 saturated heterocycles. The first-order valence-electron chi connectivity index (χ1n) is 5.73. The van der Waals surface area contributed by atoms with E-state index in [1.807, 2.05) is 6.07 Å². The molecule has 1 N–H and O–H groups in total. The molecule has 0 bridgehead atoms. The number of morpholine rings is 1. The van der Waals surface area contributed by atoms with E-state index >= 15 is 0 Å². The highest BCUT2D eigenvalue weighted by Crippen LogP contribution is 2.17. The Morgan fingerprint density at radius 3 is 3.26 bits per heavy atom. The van der Waals surface area contributed by atoms with Crippen LogP contribution in [0.4, 0.5) is 0 Å². The molecule has 0 radical (unpaired) electrons. The second-order valence-electron chi connectivity index (χ2n) is 3.90. The van der Waals surface area contributed by atoms with E-state index < -0.39 is 6.10 Å². The Morgan fingerprint density at radius 2 is 2.53 bits per heavy atom. The third-order valence-electron chi connectivity index (χ3n) is 2.63. The molecule has 1 aliphatic heterocycles. The lowest BCUT2D eigenvalue weighted by atomic mass is 10.2. The summed E-state index contributed by atoms with van der Waals surface area (Å²) in [5.74, 6) is 5.19. The number of nitrogens with zero attached hydrogens (tertiary/aromatic N) is 2. The minimum Gasteiger partial charge on any atom is -0.384 e. The van der Waals surface area contributed by atoms with Gasteiger partial charge in [0.05, 0.1) is 29.7 Å². The average Bonchev–Trinajstić information content (AvgIpc) is 2.93. The van der Waals surface area contributed by atoms with Crippen molar-refractivity contribution in [2.24, 2.45) is 0 Å². The molecule has 1 atom stereocenters. The molecule has 0 aromatic carbocycles. The van der Waals surface area contributed by atoms with Crippen LogP contribution in [0, 0.1) is 23.2 Å². The maximum Gasteiger partial charge on any atom is 0.254 e. The molecule has 2 heterocycles. The van der Waals surface area contributed by atoms with Crippen LogP contribution in [-0.2, 0) is 4.74 Å². The van der Waals surface area contributed by atoms with Crippen LogP contribution in [0.25, 0.3) is 0 Å². The number of rotatable bonds is 1. The predicted molar refractivity (Wildman–Crippen MR) is 69.5 cm³/mol. The van der Waals surface area contributed by atoms with Gasteiger partial charge in [-0.05, 0) is 6.07 Å². The van der Waals surface area contributed by atoms with E-state index in [1.54, 1.807) is 16.3 Å². The van der Waals surface area contributed by atoms with Crippen molar-refractivity contribution in [3.05, 3.63) is 21.9 Å². The van der Waals surface area contributed by atoms with Crippen LogP contribution in [0.15, 0.2) is 11.4 Å². The highest BCUT2D eigenvalue weighted by atomic mass is 32.1. The van der Waals surface area contributed by atoms with Crippen molar-refractivity contribution < 1.29 is 14.6 Å². The first-order valence-corrected chi connectivity index (χ1v) is 6.61. The van der Waals surface area contributed by atoms with Gasteiger partial charge < -0.3 is 14.7 Å². The molecule has 1 aromatic rings. The van der Waals surface area contributed by atoms with Crippen LogP contribution in [0.5, 0.6) is 0 Å². The van der Waals surface area contributed by atoms with E-state index in [0.29, 0.717) is 25.3 Å². The molecule has 2 rings (SSSR count). The third kappa shape index (κ3) is 3.33. The topological polar surface area (TPSA) is 73.6 Å². The van der Waals surface area contributed by atoms with Crippen LogP contribution in [0.2, 0.25) is 0 Å². The Bertz CT molecular complexity index is 564. The molecule has 1 unspecified atom stereocenters.